The largest absolute Gasteiger partial charge is 0.495 e. The van der Waals surface area contributed by atoms with Gasteiger partial charge in [0.1, 0.15) is 5.75 Å². The first-order chi connectivity index (χ1) is 10.7. The molecule has 1 N–H and O–H groups in total. The third kappa shape index (κ3) is 3.18. The highest BCUT2D eigenvalue weighted by molar-refractivity contribution is 5.81. The fourth-order valence-electron chi connectivity index (χ4n) is 2.96. The Morgan fingerprint density at radius 3 is 2.64 bits per heavy atom. The van der Waals surface area contributed by atoms with Crippen LogP contribution in [-0.4, -0.2) is 56.6 Å². The molecule has 0 radical (unpaired) electrons. The predicted molar refractivity (Wildman–Crippen MR) is 81.9 cm³/mol. The van der Waals surface area contributed by atoms with Crippen molar-refractivity contribution in [3.05, 3.63) is 24.3 Å². The van der Waals surface area contributed by atoms with Crippen LogP contribution in [0.4, 0.5) is 5.69 Å². The molecule has 0 saturated carbocycles. The monoisotopic (exact) mass is 306 g/mol. The van der Waals surface area contributed by atoms with Crippen LogP contribution in [0.5, 0.6) is 5.75 Å². The summed E-state index contributed by atoms with van der Waals surface area (Å²) in [5.41, 5.74) is 0.828. The SMILES string of the molecule is COc1ccccc1NCC(=O)N1CCC2(CC1)OCCO2. The fourth-order valence-corrected chi connectivity index (χ4v) is 2.96. The van der Waals surface area contributed by atoms with Crippen LogP contribution in [-0.2, 0) is 14.3 Å². The van der Waals surface area contributed by atoms with E-state index in [2.05, 4.69) is 5.32 Å². The van der Waals surface area contributed by atoms with Gasteiger partial charge < -0.3 is 24.4 Å². The average Bonchev–Trinajstić information content (AvgIpc) is 3.01. The van der Waals surface area contributed by atoms with Gasteiger partial charge in [-0.05, 0) is 12.1 Å². The lowest BCUT2D eigenvalue weighted by molar-refractivity contribution is -0.187. The van der Waals surface area contributed by atoms with Gasteiger partial charge in [0.15, 0.2) is 5.79 Å². The van der Waals surface area contributed by atoms with Gasteiger partial charge in [-0.25, -0.2) is 0 Å². The van der Waals surface area contributed by atoms with Crippen LogP contribution in [0, 0.1) is 0 Å². The molecule has 0 unspecified atom stereocenters. The van der Waals surface area contributed by atoms with Crippen LogP contribution >= 0.6 is 0 Å². The highest BCUT2D eigenvalue weighted by Gasteiger charge is 2.40. The maximum atomic E-state index is 12.3. The summed E-state index contributed by atoms with van der Waals surface area (Å²) in [4.78, 5) is 14.2. The third-order valence-corrected chi connectivity index (χ3v) is 4.23. The lowest BCUT2D eigenvalue weighted by atomic mass is 10.0. The molecule has 1 aromatic carbocycles. The van der Waals surface area contributed by atoms with Crippen LogP contribution in [0.25, 0.3) is 0 Å². The molecular weight excluding hydrogens is 284 g/mol. The number of para-hydroxylation sites is 2. The first kappa shape index (κ1) is 15.1. The van der Waals surface area contributed by atoms with Crippen LogP contribution in [0.3, 0.4) is 0 Å². The number of hydrogen-bond acceptors (Lipinski definition) is 5. The van der Waals surface area contributed by atoms with Crippen molar-refractivity contribution in [2.75, 3.05) is 45.3 Å². The highest BCUT2D eigenvalue weighted by Crippen LogP contribution is 2.31. The molecule has 3 rings (SSSR count). The summed E-state index contributed by atoms with van der Waals surface area (Å²) in [7, 11) is 1.62. The van der Waals surface area contributed by atoms with Crippen LogP contribution in [0.2, 0.25) is 0 Å². The number of rotatable bonds is 4. The number of amides is 1. The second-order valence-corrected chi connectivity index (χ2v) is 5.54. The molecule has 0 aromatic heterocycles. The van der Waals surface area contributed by atoms with E-state index < -0.39 is 5.79 Å². The lowest BCUT2D eigenvalue weighted by Crippen LogP contribution is -2.48. The predicted octanol–water partition coefficient (Wildman–Crippen LogP) is 1.47. The Bertz CT molecular complexity index is 519. The van der Waals surface area contributed by atoms with Crippen molar-refractivity contribution in [1.82, 2.24) is 4.90 Å². The molecule has 1 amide bonds. The van der Waals surface area contributed by atoms with Crippen LogP contribution < -0.4 is 10.1 Å². The second kappa shape index (κ2) is 6.54. The Balaban J connectivity index is 1.50. The molecule has 0 atom stereocenters. The molecule has 1 aromatic rings. The number of piperidine rings is 1. The molecule has 1 spiro atoms. The van der Waals surface area contributed by atoms with Gasteiger partial charge in [0.05, 0.1) is 32.6 Å². The summed E-state index contributed by atoms with van der Waals surface area (Å²) >= 11 is 0. The Hall–Kier alpha value is -1.79. The second-order valence-electron chi connectivity index (χ2n) is 5.54. The summed E-state index contributed by atoms with van der Waals surface area (Å²) in [5, 5.41) is 3.14. The van der Waals surface area contributed by atoms with Gasteiger partial charge >= 0.3 is 0 Å². The van der Waals surface area contributed by atoms with Gasteiger partial charge in [0.2, 0.25) is 5.91 Å². The van der Waals surface area contributed by atoms with Crippen molar-refractivity contribution in [3.8, 4) is 5.75 Å². The lowest BCUT2D eigenvalue weighted by Gasteiger charge is -2.37. The molecule has 2 heterocycles. The molecule has 0 bridgehead atoms. The molecule has 22 heavy (non-hydrogen) atoms. The van der Waals surface area contributed by atoms with Crippen molar-refractivity contribution in [2.24, 2.45) is 0 Å². The summed E-state index contributed by atoms with van der Waals surface area (Å²) in [6.45, 7) is 2.92. The molecule has 6 heteroatoms. The molecule has 120 valence electrons. The van der Waals surface area contributed by atoms with Gasteiger partial charge in [-0.3, -0.25) is 4.79 Å². The average molecular weight is 306 g/mol. The maximum absolute atomic E-state index is 12.3. The Morgan fingerprint density at radius 1 is 1.27 bits per heavy atom. The molecule has 2 aliphatic heterocycles. The first-order valence-corrected chi connectivity index (χ1v) is 7.65. The van der Waals surface area contributed by atoms with E-state index in [0.29, 0.717) is 26.3 Å². The Kier molecular flexibility index (Phi) is 4.49. The van der Waals surface area contributed by atoms with Gasteiger partial charge in [-0.1, -0.05) is 12.1 Å². The van der Waals surface area contributed by atoms with E-state index in [4.69, 9.17) is 14.2 Å². The Morgan fingerprint density at radius 2 is 1.95 bits per heavy atom. The van der Waals surface area contributed by atoms with E-state index in [9.17, 15) is 4.79 Å². The van der Waals surface area contributed by atoms with Crippen LogP contribution in [0.1, 0.15) is 12.8 Å². The standard InChI is InChI=1S/C16H22N2O4/c1-20-14-5-3-2-4-13(14)17-12-15(19)18-8-6-16(7-9-18)21-10-11-22-16/h2-5,17H,6-12H2,1H3. The number of carbonyl (C=O) groups excluding carboxylic acids is 1. The Labute approximate surface area is 130 Å². The van der Waals surface area contributed by atoms with Gasteiger partial charge in [0, 0.05) is 25.9 Å². The number of hydrogen-bond donors (Lipinski definition) is 1. The van der Waals surface area contributed by atoms with Crippen molar-refractivity contribution < 1.29 is 19.0 Å². The van der Waals surface area contributed by atoms with Crippen molar-refractivity contribution >= 4 is 11.6 Å². The number of methoxy groups -OCH3 is 1. The molecular formula is C16H22N2O4. The number of nitrogens with zero attached hydrogens (tertiary/aromatic N) is 1. The van der Waals surface area contributed by atoms with Gasteiger partial charge in [-0.2, -0.15) is 0 Å². The molecule has 2 saturated heterocycles. The van der Waals surface area contributed by atoms with E-state index >= 15 is 0 Å². The highest BCUT2D eigenvalue weighted by atomic mass is 16.7. The van der Waals surface area contributed by atoms with Crippen molar-refractivity contribution in [2.45, 2.75) is 18.6 Å². The first-order valence-electron chi connectivity index (χ1n) is 7.65. The summed E-state index contributed by atoms with van der Waals surface area (Å²) in [6, 6.07) is 7.58. The maximum Gasteiger partial charge on any atom is 0.241 e. The summed E-state index contributed by atoms with van der Waals surface area (Å²) in [6.07, 6.45) is 1.49. The van der Waals surface area contributed by atoms with Crippen LogP contribution in [0.15, 0.2) is 24.3 Å². The minimum Gasteiger partial charge on any atom is -0.495 e. The number of carbonyl (C=O) groups is 1. The van der Waals surface area contributed by atoms with Crippen molar-refractivity contribution in [1.29, 1.82) is 0 Å². The number of anilines is 1. The minimum absolute atomic E-state index is 0.0822. The number of nitrogens with one attached hydrogen (secondary N) is 1. The summed E-state index contributed by atoms with van der Waals surface area (Å²) < 4.78 is 16.6. The van der Waals surface area contributed by atoms with E-state index in [1.807, 2.05) is 29.2 Å². The zero-order chi connectivity index (χ0) is 15.4. The quantitative estimate of drug-likeness (QED) is 0.913. The number of ether oxygens (including phenoxy) is 3. The minimum atomic E-state index is -0.438. The zero-order valence-corrected chi connectivity index (χ0v) is 12.8. The molecule has 0 aliphatic carbocycles. The fraction of sp³-hybridized carbons (Fsp3) is 0.562. The van der Waals surface area contributed by atoms with E-state index in [0.717, 1.165) is 24.3 Å². The molecule has 2 fully saturated rings. The van der Waals surface area contributed by atoms with Gasteiger partial charge in [-0.15, -0.1) is 0 Å². The topological polar surface area (TPSA) is 60.0 Å². The molecule has 6 nitrogen and oxygen atoms in total. The van der Waals surface area contributed by atoms with Gasteiger partial charge in [0.25, 0.3) is 0 Å². The zero-order valence-electron chi connectivity index (χ0n) is 12.8. The van der Waals surface area contributed by atoms with E-state index in [1.54, 1.807) is 7.11 Å². The summed E-state index contributed by atoms with van der Waals surface area (Å²) in [5.74, 6) is 0.381. The third-order valence-electron chi connectivity index (χ3n) is 4.23. The number of likely N-dealkylation sites (tertiary alicyclic amines) is 1. The normalized spacial score (nSPS) is 20.1. The molecule has 2 aliphatic rings. The van der Waals surface area contributed by atoms with E-state index in [1.165, 1.54) is 0 Å². The van der Waals surface area contributed by atoms with E-state index in [-0.39, 0.29) is 12.5 Å². The number of benzene rings is 1. The smallest absolute Gasteiger partial charge is 0.241 e. The van der Waals surface area contributed by atoms with Crippen molar-refractivity contribution in [3.63, 3.8) is 0 Å².